The summed E-state index contributed by atoms with van der Waals surface area (Å²) in [5, 5.41) is 2.84. The van der Waals surface area contributed by atoms with Gasteiger partial charge in [-0.3, -0.25) is 4.79 Å². The third-order valence-electron chi connectivity index (χ3n) is 3.10. The van der Waals surface area contributed by atoms with Gasteiger partial charge in [0.15, 0.2) is 0 Å². The molecule has 0 radical (unpaired) electrons. The number of nitrogens with two attached hydrogens (primary N) is 1. The van der Waals surface area contributed by atoms with Crippen LogP contribution in [0.3, 0.4) is 0 Å². The predicted molar refractivity (Wildman–Crippen MR) is 84.3 cm³/mol. The third kappa shape index (κ3) is 3.09. The molecule has 104 valence electrons. The summed E-state index contributed by atoms with van der Waals surface area (Å²) in [5.41, 5.74) is 9.78. The van der Waals surface area contributed by atoms with E-state index < -0.39 is 0 Å². The Morgan fingerprint density at radius 2 is 1.75 bits per heavy atom. The van der Waals surface area contributed by atoms with Gasteiger partial charge in [-0.1, -0.05) is 6.07 Å². The van der Waals surface area contributed by atoms with E-state index in [9.17, 15) is 4.79 Å². The summed E-state index contributed by atoms with van der Waals surface area (Å²) < 4.78 is 0. The molecule has 4 heteroatoms. The molecule has 0 atom stereocenters. The smallest absolute Gasteiger partial charge is 0.255 e. The topological polar surface area (TPSA) is 58.4 Å². The molecule has 20 heavy (non-hydrogen) atoms. The van der Waals surface area contributed by atoms with Gasteiger partial charge in [0, 0.05) is 25.3 Å². The Hall–Kier alpha value is -2.49. The van der Waals surface area contributed by atoms with Gasteiger partial charge in [0.2, 0.25) is 0 Å². The molecule has 0 aromatic heterocycles. The summed E-state index contributed by atoms with van der Waals surface area (Å²) in [6, 6.07) is 13.0. The van der Waals surface area contributed by atoms with Crippen LogP contribution >= 0.6 is 0 Å². The summed E-state index contributed by atoms with van der Waals surface area (Å²) >= 11 is 0. The first-order valence-corrected chi connectivity index (χ1v) is 6.42. The molecule has 0 fully saturated rings. The molecule has 0 saturated carbocycles. The number of benzene rings is 2. The van der Waals surface area contributed by atoms with Crippen LogP contribution in [-0.2, 0) is 0 Å². The van der Waals surface area contributed by atoms with E-state index in [1.165, 1.54) is 0 Å². The second kappa shape index (κ2) is 5.65. The zero-order chi connectivity index (χ0) is 14.7. The van der Waals surface area contributed by atoms with E-state index in [1.54, 1.807) is 18.2 Å². The highest BCUT2D eigenvalue weighted by Crippen LogP contribution is 2.21. The highest BCUT2D eigenvalue weighted by molar-refractivity contribution is 6.05. The first kappa shape index (κ1) is 13.9. The molecule has 0 aliphatic heterocycles. The van der Waals surface area contributed by atoms with E-state index in [1.807, 2.05) is 50.2 Å². The van der Waals surface area contributed by atoms with Crippen LogP contribution in [0, 0.1) is 6.92 Å². The SMILES string of the molecule is Cc1ccc(N)c(NC(=O)c2ccc(N(C)C)cc2)c1. The molecule has 0 aliphatic carbocycles. The van der Waals surface area contributed by atoms with Crippen LogP contribution in [0.1, 0.15) is 15.9 Å². The minimum Gasteiger partial charge on any atom is -0.397 e. The molecule has 0 heterocycles. The lowest BCUT2D eigenvalue weighted by Gasteiger charge is -2.13. The number of anilines is 3. The molecule has 2 rings (SSSR count). The lowest BCUT2D eigenvalue weighted by atomic mass is 10.1. The molecule has 0 spiro atoms. The van der Waals surface area contributed by atoms with Crippen molar-refractivity contribution < 1.29 is 4.79 Å². The first-order chi connectivity index (χ1) is 9.47. The number of rotatable bonds is 3. The highest BCUT2D eigenvalue weighted by atomic mass is 16.1. The molecule has 4 nitrogen and oxygen atoms in total. The number of carbonyl (C=O) groups excluding carboxylic acids is 1. The Balaban J connectivity index is 2.17. The van der Waals surface area contributed by atoms with Crippen LogP contribution in [0.4, 0.5) is 17.1 Å². The standard InChI is InChI=1S/C16H19N3O/c1-11-4-9-14(17)15(10-11)18-16(20)12-5-7-13(8-6-12)19(2)3/h4-10H,17H2,1-3H3,(H,18,20). The maximum absolute atomic E-state index is 12.2. The van der Waals surface area contributed by atoms with Crippen LogP contribution in [0.15, 0.2) is 42.5 Å². The number of carbonyl (C=O) groups is 1. The van der Waals surface area contributed by atoms with Gasteiger partial charge in [0.1, 0.15) is 0 Å². The number of hydrogen-bond donors (Lipinski definition) is 2. The van der Waals surface area contributed by atoms with E-state index in [0.29, 0.717) is 16.9 Å². The van der Waals surface area contributed by atoms with Crippen molar-refractivity contribution in [1.29, 1.82) is 0 Å². The van der Waals surface area contributed by atoms with Gasteiger partial charge in [-0.15, -0.1) is 0 Å². The average Bonchev–Trinajstić information content (AvgIpc) is 2.43. The van der Waals surface area contributed by atoms with Gasteiger partial charge in [0.05, 0.1) is 11.4 Å². The Labute approximate surface area is 119 Å². The molecule has 0 saturated heterocycles. The summed E-state index contributed by atoms with van der Waals surface area (Å²) in [4.78, 5) is 14.2. The zero-order valence-corrected chi connectivity index (χ0v) is 12.0. The molecular formula is C16H19N3O. The van der Waals surface area contributed by atoms with E-state index in [0.717, 1.165) is 11.3 Å². The minimum atomic E-state index is -0.160. The lowest BCUT2D eigenvalue weighted by Crippen LogP contribution is -2.14. The highest BCUT2D eigenvalue weighted by Gasteiger charge is 2.08. The van der Waals surface area contributed by atoms with Crippen LogP contribution in [-0.4, -0.2) is 20.0 Å². The number of nitrogens with one attached hydrogen (secondary N) is 1. The van der Waals surface area contributed by atoms with Crippen molar-refractivity contribution in [2.75, 3.05) is 30.0 Å². The van der Waals surface area contributed by atoms with Gasteiger partial charge < -0.3 is 16.0 Å². The quantitative estimate of drug-likeness (QED) is 0.842. The lowest BCUT2D eigenvalue weighted by molar-refractivity contribution is 0.102. The van der Waals surface area contributed by atoms with Gasteiger partial charge in [-0.2, -0.15) is 0 Å². The maximum Gasteiger partial charge on any atom is 0.255 e. The zero-order valence-electron chi connectivity index (χ0n) is 12.0. The predicted octanol–water partition coefficient (Wildman–Crippen LogP) is 2.90. The monoisotopic (exact) mass is 269 g/mol. The largest absolute Gasteiger partial charge is 0.397 e. The van der Waals surface area contributed by atoms with E-state index in [-0.39, 0.29) is 5.91 Å². The van der Waals surface area contributed by atoms with E-state index >= 15 is 0 Å². The van der Waals surface area contributed by atoms with Crippen molar-refractivity contribution in [3.63, 3.8) is 0 Å². The number of amides is 1. The Bertz CT molecular complexity index is 618. The third-order valence-corrected chi connectivity index (χ3v) is 3.10. The fourth-order valence-corrected chi connectivity index (χ4v) is 1.88. The van der Waals surface area contributed by atoms with Crippen molar-refractivity contribution in [2.24, 2.45) is 0 Å². The molecule has 0 aliphatic rings. The Morgan fingerprint density at radius 1 is 1.10 bits per heavy atom. The molecule has 0 bridgehead atoms. The average molecular weight is 269 g/mol. The van der Waals surface area contributed by atoms with Crippen molar-refractivity contribution in [1.82, 2.24) is 0 Å². The van der Waals surface area contributed by atoms with Gasteiger partial charge in [0.25, 0.3) is 5.91 Å². The van der Waals surface area contributed by atoms with Crippen molar-refractivity contribution in [3.8, 4) is 0 Å². The van der Waals surface area contributed by atoms with Crippen molar-refractivity contribution >= 4 is 23.0 Å². The van der Waals surface area contributed by atoms with Crippen LogP contribution in [0.2, 0.25) is 0 Å². The first-order valence-electron chi connectivity index (χ1n) is 6.42. The van der Waals surface area contributed by atoms with Crippen LogP contribution < -0.4 is 16.0 Å². The number of aryl methyl sites for hydroxylation is 1. The van der Waals surface area contributed by atoms with E-state index in [2.05, 4.69) is 5.32 Å². The van der Waals surface area contributed by atoms with Crippen molar-refractivity contribution in [2.45, 2.75) is 6.92 Å². The van der Waals surface area contributed by atoms with Crippen LogP contribution in [0.5, 0.6) is 0 Å². The van der Waals surface area contributed by atoms with Crippen molar-refractivity contribution in [3.05, 3.63) is 53.6 Å². The fraction of sp³-hybridized carbons (Fsp3) is 0.188. The summed E-state index contributed by atoms with van der Waals surface area (Å²) in [7, 11) is 3.92. The molecule has 2 aromatic rings. The van der Waals surface area contributed by atoms with Crippen LogP contribution in [0.25, 0.3) is 0 Å². The Morgan fingerprint density at radius 3 is 2.35 bits per heavy atom. The molecule has 0 unspecified atom stereocenters. The minimum absolute atomic E-state index is 0.160. The normalized spacial score (nSPS) is 10.2. The second-order valence-corrected chi connectivity index (χ2v) is 4.99. The fourth-order valence-electron chi connectivity index (χ4n) is 1.88. The number of nitrogens with zero attached hydrogens (tertiary/aromatic N) is 1. The number of nitrogen functional groups attached to an aromatic ring is 1. The molecule has 1 amide bonds. The molecule has 3 N–H and O–H groups in total. The molecule has 2 aromatic carbocycles. The Kier molecular flexibility index (Phi) is 3.94. The summed E-state index contributed by atoms with van der Waals surface area (Å²) in [6.07, 6.45) is 0. The van der Waals surface area contributed by atoms with E-state index in [4.69, 9.17) is 5.73 Å². The molecular weight excluding hydrogens is 250 g/mol. The van der Waals surface area contributed by atoms with Gasteiger partial charge >= 0.3 is 0 Å². The summed E-state index contributed by atoms with van der Waals surface area (Å²) in [6.45, 7) is 1.96. The number of hydrogen-bond acceptors (Lipinski definition) is 3. The second-order valence-electron chi connectivity index (χ2n) is 4.99. The van der Waals surface area contributed by atoms with Gasteiger partial charge in [-0.25, -0.2) is 0 Å². The van der Waals surface area contributed by atoms with Gasteiger partial charge in [-0.05, 0) is 48.9 Å². The maximum atomic E-state index is 12.2. The summed E-state index contributed by atoms with van der Waals surface area (Å²) in [5.74, 6) is -0.160.